The Bertz CT molecular complexity index is 122. The minimum atomic E-state index is -0.403. The van der Waals surface area contributed by atoms with E-state index in [1.165, 1.54) is 0 Å². The van der Waals surface area contributed by atoms with Gasteiger partial charge in [-0.05, 0) is 12.2 Å². The molecule has 10 heavy (non-hydrogen) atoms. The lowest BCUT2D eigenvalue weighted by atomic mass is 10.6. The van der Waals surface area contributed by atoms with Gasteiger partial charge in [0, 0.05) is 0 Å². The van der Waals surface area contributed by atoms with Crippen LogP contribution in [0.4, 0.5) is 0 Å². The van der Waals surface area contributed by atoms with Crippen LogP contribution in [0.15, 0.2) is 0 Å². The summed E-state index contributed by atoms with van der Waals surface area (Å²) in [4.78, 5) is 14.4. The van der Waals surface area contributed by atoms with Crippen molar-refractivity contribution in [3.05, 3.63) is 0 Å². The van der Waals surface area contributed by atoms with Crippen LogP contribution in [0.25, 0.3) is 0 Å². The zero-order chi connectivity index (χ0) is 7.98. The van der Waals surface area contributed by atoms with Gasteiger partial charge in [-0.2, -0.15) is 5.90 Å². The predicted octanol–water partition coefficient (Wildman–Crippen LogP) is -2.26. The number of nitrogens with two attached hydrogens (primary N) is 2. The summed E-state index contributed by atoms with van der Waals surface area (Å²) in [6.45, 7) is -0.0491. The lowest BCUT2D eigenvalue weighted by molar-refractivity contribution is -0.120. The first kappa shape index (κ1) is 9.08. The molecule has 1 amide bonds. The van der Waals surface area contributed by atoms with Crippen LogP contribution in [0.3, 0.4) is 0 Å². The Balaban J connectivity index is 3.35. The third kappa shape index (κ3) is 4.01. The van der Waals surface area contributed by atoms with E-state index in [1.54, 1.807) is 0 Å². The zero-order valence-corrected chi connectivity index (χ0v) is 5.90. The molecule has 0 heterocycles. The number of nitrogens with one attached hydrogen (secondary N) is 2. The molecule has 0 aromatic carbocycles. The SMILES string of the molecule is NNC(=O)CNC(=S)ON. The van der Waals surface area contributed by atoms with Crippen LogP contribution in [0.2, 0.25) is 0 Å². The van der Waals surface area contributed by atoms with Crippen LogP contribution in [0.5, 0.6) is 0 Å². The van der Waals surface area contributed by atoms with E-state index in [9.17, 15) is 4.79 Å². The quantitative estimate of drug-likeness (QED) is 0.159. The fraction of sp³-hybridized carbons (Fsp3) is 0.333. The fourth-order valence-electron chi connectivity index (χ4n) is 0.245. The van der Waals surface area contributed by atoms with E-state index >= 15 is 0 Å². The minimum Gasteiger partial charge on any atom is -0.381 e. The van der Waals surface area contributed by atoms with Crippen LogP contribution >= 0.6 is 12.2 Å². The Labute approximate surface area is 62.8 Å². The molecule has 6 nitrogen and oxygen atoms in total. The third-order valence-electron chi connectivity index (χ3n) is 0.661. The first-order chi connectivity index (χ1) is 4.70. The molecule has 7 heteroatoms. The maximum absolute atomic E-state index is 10.4. The summed E-state index contributed by atoms with van der Waals surface area (Å²) < 4.78 is 0. The number of hydrogen-bond acceptors (Lipinski definition) is 5. The molecule has 0 aliphatic carbocycles. The molecule has 6 N–H and O–H groups in total. The second-order valence-corrected chi connectivity index (χ2v) is 1.70. The van der Waals surface area contributed by atoms with Crippen molar-refractivity contribution in [3.63, 3.8) is 0 Å². The Kier molecular flexibility index (Phi) is 4.46. The van der Waals surface area contributed by atoms with Gasteiger partial charge in [0.05, 0.1) is 6.54 Å². The van der Waals surface area contributed by atoms with Crippen molar-refractivity contribution in [2.24, 2.45) is 11.7 Å². The van der Waals surface area contributed by atoms with Gasteiger partial charge >= 0.3 is 0 Å². The molecule has 0 atom stereocenters. The second kappa shape index (κ2) is 4.91. The summed E-state index contributed by atoms with van der Waals surface area (Å²) in [7, 11) is 0. The van der Waals surface area contributed by atoms with E-state index in [1.807, 2.05) is 5.43 Å². The summed E-state index contributed by atoms with van der Waals surface area (Å²) >= 11 is 4.44. The van der Waals surface area contributed by atoms with E-state index < -0.39 is 5.91 Å². The van der Waals surface area contributed by atoms with Crippen molar-refractivity contribution in [1.82, 2.24) is 10.7 Å². The van der Waals surface area contributed by atoms with E-state index in [4.69, 9.17) is 5.84 Å². The molecule has 0 spiro atoms. The topological polar surface area (TPSA) is 102 Å². The van der Waals surface area contributed by atoms with E-state index in [0.29, 0.717) is 0 Å². The third-order valence-corrected chi connectivity index (χ3v) is 0.902. The van der Waals surface area contributed by atoms with E-state index in [-0.39, 0.29) is 11.7 Å². The first-order valence-corrected chi connectivity index (χ1v) is 2.75. The van der Waals surface area contributed by atoms with Gasteiger partial charge in [0.15, 0.2) is 0 Å². The number of rotatable bonds is 2. The molecule has 0 radical (unpaired) electrons. The fourth-order valence-corrected chi connectivity index (χ4v) is 0.317. The molecule has 58 valence electrons. The van der Waals surface area contributed by atoms with Crippen LogP contribution in [0, 0.1) is 0 Å². The Morgan fingerprint density at radius 2 is 2.30 bits per heavy atom. The highest BCUT2D eigenvalue weighted by Crippen LogP contribution is 1.67. The average molecular weight is 164 g/mol. The van der Waals surface area contributed by atoms with Crippen molar-refractivity contribution < 1.29 is 9.63 Å². The van der Waals surface area contributed by atoms with Crippen molar-refractivity contribution >= 4 is 23.3 Å². The van der Waals surface area contributed by atoms with Crippen molar-refractivity contribution in [2.45, 2.75) is 0 Å². The predicted molar refractivity (Wildman–Crippen MR) is 38.2 cm³/mol. The lowest BCUT2D eigenvalue weighted by Crippen LogP contribution is -2.40. The maximum atomic E-state index is 10.4. The standard InChI is InChI=1S/C3H8N4O2S/c4-7-2(8)1-6-3(10)9-5/h1,4-5H2,(H,6,10)(H,7,8). The molecule has 0 saturated heterocycles. The van der Waals surface area contributed by atoms with Gasteiger partial charge < -0.3 is 10.2 Å². The highest BCUT2D eigenvalue weighted by atomic mass is 32.1. The summed E-state index contributed by atoms with van der Waals surface area (Å²) in [6, 6.07) is 0. The number of hydrogen-bond donors (Lipinski definition) is 4. The Morgan fingerprint density at radius 1 is 1.70 bits per heavy atom. The van der Waals surface area contributed by atoms with Crippen LogP contribution < -0.4 is 22.5 Å². The number of carbonyl (C=O) groups is 1. The monoisotopic (exact) mass is 164 g/mol. The largest absolute Gasteiger partial charge is 0.381 e. The molecular weight excluding hydrogens is 156 g/mol. The number of amides is 1. The molecule has 0 fully saturated rings. The normalized spacial score (nSPS) is 8.20. The molecule has 0 aromatic heterocycles. The minimum absolute atomic E-state index is 0.0491. The van der Waals surface area contributed by atoms with Gasteiger partial charge in [-0.3, -0.25) is 10.2 Å². The number of thiocarbonyl (C=S) groups is 1. The van der Waals surface area contributed by atoms with Gasteiger partial charge in [-0.15, -0.1) is 0 Å². The van der Waals surface area contributed by atoms with Gasteiger partial charge in [0.1, 0.15) is 0 Å². The smallest absolute Gasteiger partial charge is 0.278 e. The number of carbonyl (C=O) groups excluding carboxylic acids is 1. The van der Waals surface area contributed by atoms with Crippen LogP contribution in [0.1, 0.15) is 0 Å². The summed E-state index contributed by atoms with van der Waals surface area (Å²) in [5.74, 6) is 8.97. The average Bonchev–Trinajstić information content (AvgIpc) is 1.99. The molecule has 0 saturated carbocycles. The van der Waals surface area contributed by atoms with Gasteiger partial charge in [-0.1, -0.05) is 0 Å². The van der Waals surface area contributed by atoms with E-state index in [0.717, 1.165) is 0 Å². The molecule has 0 rings (SSSR count). The molecule has 0 bridgehead atoms. The van der Waals surface area contributed by atoms with Crippen LogP contribution in [-0.2, 0) is 9.63 Å². The molecule has 0 unspecified atom stereocenters. The molecule has 0 aliphatic heterocycles. The van der Waals surface area contributed by atoms with Crippen molar-refractivity contribution in [2.75, 3.05) is 6.54 Å². The second-order valence-electron chi connectivity index (χ2n) is 1.33. The van der Waals surface area contributed by atoms with Gasteiger partial charge in [0.2, 0.25) is 0 Å². The highest BCUT2D eigenvalue weighted by Gasteiger charge is 1.98. The summed E-state index contributed by atoms with van der Waals surface area (Å²) in [5.41, 5.74) is 1.89. The van der Waals surface area contributed by atoms with Crippen molar-refractivity contribution in [1.29, 1.82) is 0 Å². The summed E-state index contributed by atoms with van der Waals surface area (Å²) in [5, 5.41) is 2.32. The maximum Gasteiger partial charge on any atom is 0.278 e. The first-order valence-electron chi connectivity index (χ1n) is 2.34. The zero-order valence-electron chi connectivity index (χ0n) is 5.09. The highest BCUT2D eigenvalue weighted by molar-refractivity contribution is 7.80. The molecule has 0 aliphatic rings. The Hall–Kier alpha value is -0.920. The van der Waals surface area contributed by atoms with Crippen LogP contribution in [-0.4, -0.2) is 17.6 Å². The summed E-state index contributed by atoms with van der Waals surface area (Å²) in [6.07, 6.45) is 0. The Morgan fingerprint density at radius 3 is 2.70 bits per heavy atom. The number of hydrazine groups is 1. The molecule has 0 aromatic rings. The van der Waals surface area contributed by atoms with Gasteiger partial charge in [0.25, 0.3) is 11.1 Å². The van der Waals surface area contributed by atoms with Gasteiger partial charge in [-0.25, -0.2) is 5.84 Å². The van der Waals surface area contributed by atoms with Crippen molar-refractivity contribution in [3.8, 4) is 0 Å². The molecular formula is C3H8N4O2S. The van der Waals surface area contributed by atoms with E-state index in [2.05, 4.69) is 28.3 Å². The lowest BCUT2D eigenvalue weighted by Gasteiger charge is -2.02.